The lowest BCUT2D eigenvalue weighted by Crippen LogP contribution is -2.31. The number of hydrogen-bond donors (Lipinski definition) is 3. The first-order valence-electron chi connectivity index (χ1n) is 5.18. The van der Waals surface area contributed by atoms with Crippen molar-refractivity contribution >= 4 is 22.8 Å². The Labute approximate surface area is 98.3 Å². The number of imidazole rings is 1. The van der Waals surface area contributed by atoms with E-state index in [1.807, 2.05) is 31.2 Å². The number of hydrogen-bond acceptors (Lipinski definition) is 4. The van der Waals surface area contributed by atoms with Crippen LogP contribution in [-0.4, -0.2) is 33.0 Å². The maximum atomic E-state index is 9.19. The highest BCUT2D eigenvalue weighted by Gasteiger charge is 2.16. The number of para-hydroxylation sites is 2. The lowest BCUT2D eigenvalue weighted by atomic mass is 10.3. The van der Waals surface area contributed by atoms with Gasteiger partial charge in [0.1, 0.15) is 0 Å². The Morgan fingerprint density at radius 1 is 1.50 bits per heavy atom. The summed E-state index contributed by atoms with van der Waals surface area (Å²) in [5.74, 6) is 0. The van der Waals surface area contributed by atoms with Gasteiger partial charge in [0.25, 0.3) is 0 Å². The van der Waals surface area contributed by atoms with E-state index in [2.05, 4.69) is 9.97 Å². The molecule has 2 unspecified atom stereocenters. The number of aliphatic hydroxyl groups is 1. The molecule has 4 nitrogen and oxygen atoms in total. The van der Waals surface area contributed by atoms with E-state index in [1.165, 1.54) is 11.8 Å². The normalized spacial score (nSPS) is 15.2. The van der Waals surface area contributed by atoms with E-state index in [0.29, 0.717) is 0 Å². The van der Waals surface area contributed by atoms with Crippen molar-refractivity contribution in [3.63, 3.8) is 0 Å². The van der Waals surface area contributed by atoms with Crippen LogP contribution in [0.3, 0.4) is 0 Å². The molecule has 0 saturated heterocycles. The van der Waals surface area contributed by atoms with E-state index in [-0.39, 0.29) is 17.9 Å². The van der Waals surface area contributed by atoms with Gasteiger partial charge in [-0.15, -0.1) is 0 Å². The Morgan fingerprint density at radius 3 is 2.88 bits per heavy atom. The van der Waals surface area contributed by atoms with Crippen LogP contribution >= 0.6 is 11.8 Å². The van der Waals surface area contributed by atoms with Crippen LogP contribution in [0.5, 0.6) is 0 Å². The molecule has 0 saturated carbocycles. The first kappa shape index (κ1) is 11.4. The Bertz CT molecular complexity index is 436. The van der Waals surface area contributed by atoms with Crippen molar-refractivity contribution in [2.24, 2.45) is 5.73 Å². The fourth-order valence-corrected chi connectivity index (χ4v) is 2.34. The Kier molecular flexibility index (Phi) is 3.48. The maximum Gasteiger partial charge on any atom is 0.166 e. The molecule has 0 bridgehead atoms. The van der Waals surface area contributed by atoms with Crippen molar-refractivity contribution in [2.45, 2.75) is 23.4 Å². The van der Waals surface area contributed by atoms with Crippen molar-refractivity contribution in [1.29, 1.82) is 0 Å². The van der Waals surface area contributed by atoms with Crippen molar-refractivity contribution < 1.29 is 5.11 Å². The second-order valence-electron chi connectivity index (χ2n) is 3.76. The van der Waals surface area contributed by atoms with Crippen molar-refractivity contribution in [1.82, 2.24) is 9.97 Å². The minimum Gasteiger partial charge on any atom is -0.395 e. The second-order valence-corrected chi connectivity index (χ2v) is 4.98. The molecule has 2 atom stereocenters. The number of aromatic amines is 1. The molecule has 1 aromatic carbocycles. The van der Waals surface area contributed by atoms with Crippen LogP contribution in [-0.2, 0) is 0 Å². The minimum atomic E-state index is -0.0665. The number of nitrogens with one attached hydrogen (secondary N) is 1. The number of nitrogens with two attached hydrogens (primary N) is 1. The van der Waals surface area contributed by atoms with Gasteiger partial charge in [-0.3, -0.25) is 0 Å². The number of nitrogens with zero attached hydrogens (tertiary/aromatic N) is 1. The highest BCUT2D eigenvalue weighted by molar-refractivity contribution is 7.99. The average molecular weight is 237 g/mol. The predicted octanol–water partition coefficient (Wildman–Crippen LogP) is 1.36. The Hall–Kier alpha value is -1.04. The van der Waals surface area contributed by atoms with Crippen molar-refractivity contribution in [3.05, 3.63) is 24.3 Å². The number of benzene rings is 1. The zero-order chi connectivity index (χ0) is 11.5. The second kappa shape index (κ2) is 4.86. The molecule has 5 heteroatoms. The topological polar surface area (TPSA) is 74.9 Å². The first-order valence-corrected chi connectivity index (χ1v) is 6.06. The molecule has 0 aliphatic carbocycles. The molecule has 0 amide bonds. The van der Waals surface area contributed by atoms with Crippen LogP contribution in [0.4, 0.5) is 0 Å². The third-order valence-electron chi connectivity index (χ3n) is 2.40. The van der Waals surface area contributed by atoms with E-state index in [1.54, 1.807) is 0 Å². The number of aromatic nitrogens is 2. The van der Waals surface area contributed by atoms with E-state index >= 15 is 0 Å². The van der Waals surface area contributed by atoms with Gasteiger partial charge in [-0.2, -0.15) is 0 Å². The highest BCUT2D eigenvalue weighted by Crippen LogP contribution is 2.24. The molecule has 86 valence electrons. The number of H-pyrrole nitrogens is 1. The van der Waals surface area contributed by atoms with Crippen LogP contribution in [0.2, 0.25) is 0 Å². The van der Waals surface area contributed by atoms with Gasteiger partial charge in [0.05, 0.1) is 22.9 Å². The third-order valence-corrected chi connectivity index (χ3v) is 3.69. The SMILES string of the molecule is CC(N)C(CO)Sc1nc2ccccc2[nH]1. The smallest absolute Gasteiger partial charge is 0.166 e. The molecule has 0 aliphatic rings. The Balaban J connectivity index is 2.20. The van der Waals surface area contributed by atoms with Gasteiger partial charge < -0.3 is 15.8 Å². The zero-order valence-electron chi connectivity index (χ0n) is 9.05. The highest BCUT2D eigenvalue weighted by atomic mass is 32.2. The first-order chi connectivity index (χ1) is 7.70. The molecular formula is C11H15N3OS. The molecule has 0 aliphatic heterocycles. The van der Waals surface area contributed by atoms with Crippen LogP contribution in [0, 0.1) is 0 Å². The van der Waals surface area contributed by atoms with Crippen LogP contribution in [0.15, 0.2) is 29.4 Å². The Morgan fingerprint density at radius 2 is 2.25 bits per heavy atom. The van der Waals surface area contributed by atoms with E-state index in [9.17, 15) is 5.11 Å². The summed E-state index contributed by atoms with van der Waals surface area (Å²) >= 11 is 1.48. The molecule has 2 rings (SSSR count). The number of thioether (sulfide) groups is 1. The molecule has 16 heavy (non-hydrogen) atoms. The van der Waals surface area contributed by atoms with Crippen LogP contribution in [0.25, 0.3) is 11.0 Å². The number of aliphatic hydroxyl groups excluding tert-OH is 1. The van der Waals surface area contributed by atoms with Crippen LogP contribution in [0.1, 0.15) is 6.92 Å². The molecule has 0 radical (unpaired) electrons. The number of rotatable bonds is 4. The van der Waals surface area contributed by atoms with Crippen LogP contribution < -0.4 is 5.73 Å². The molecule has 0 spiro atoms. The summed E-state index contributed by atoms with van der Waals surface area (Å²) in [5, 5.41) is 9.97. The van der Waals surface area contributed by atoms with Gasteiger partial charge in [-0.25, -0.2) is 4.98 Å². The standard InChI is InChI=1S/C11H15N3OS/c1-7(12)10(6-15)16-11-13-8-4-2-3-5-9(8)14-11/h2-5,7,10,15H,6,12H2,1H3,(H,13,14). The van der Waals surface area contributed by atoms with E-state index in [0.717, 1.165) is 16.2 Å². The average Bonchev–Trinajstić information content (AvgIpc) is 2.67. The van der Waals surface area contributed by atoms with Gasteiger partial charge in [0.15, 0.2) is 5.16 Å². The molecule has 4 N–H and O–H groups in total. The summed E-state index contributed by atoms with van der Waals surface area (Å²) in [6.07, 6.45) is 0. The van der Waals surface area contributed by atoms with Gasteiger partial charge in [-0.05, 0) is 19.1 Å². The largest absolute Gasteiger partial charge is 0.395 e. The molecule has 1 aromatic heterocycles. The van der Waals surface area contributed by atoms with Crippen molar-refractivity contribution in [2.75, 3.05) is 6.61 Å². The summed E-state index contributed by atoms with van der Waals surface area (Å²) < 4.78 is 0. The van der Waals surface area contributed by atoms with Crippen molar-refractivity contribution in [3.8, 4) is 0 Å². The van der Waals surface area contributed by atoms with Gasteiger partial charge in [0, 0.05) is 6.04 Å². The quantitative estimate of drug-likeness (QED) is 0.702. The van der Waals surface area contributed by atoms with Gasteiger partial charge in [-0.1, -0.05) is 23.9 Å². The van der Waals surface area contributed by atoms with E-state index in [4.69, 9.17) is 5.73 Å². The summed E-state index contributed by atoms with van der Waals surface area (Å²) in [5.41, 5.74) is 7.71. The lowest BCUT2D eigenvalue weighted by Gasteiger charge is -2.15. The molecule has 1 heterocycles. The van der Waals surface area contributed by atoms with Gasteiger partial charge >= 0.3 is 0 Å². The molecule has 2 aromatic rings. The summed E-state index contributed by atoms with van der Waals surface area (Å²) in [6.45, 7) is 1.94. The fourth-order valence-electron chi connectivity index (χ4n) is 1.44. The predicted molar refractivity (Wildman–Crippen MR) is 66.5 cm³/mol. The molecule has 0 fully saturated rings. The van der Waals surface area contributed by atoms with Gasteiger partial charge in [0.2, 0.25) is 0 Å². The monoisotopic (exact) mass is 237 g/mol. The summed E-state index contributed by atoms with van der Waals surface area (Å²) in [7, 11) is 0. The lowest BCUT2D eigenvalue weighted by molar-refractivity contribution is 0.285. The minimum absolute atomic E-state index is 0.0273. The maximum absolute atomic E-state index is 9.19. The number of fused-ring (bicyclic) bond motifs is 1. The molecular weight excluding hydrogens is 222 g/mol. The third kappa shape index (κ3) is 2.37. The summed E-state index contributed by atoms with van der Waals surface area (Å²) in [6, 6.07) is 7.78. The van der Waals surface area contributed by atoms with E-state index < -0.39 is 0 Å². The zero-order valence-corrected chi connectivity index (χ0v) is 9.87. The fraction of sp³-hybridized carbons (Fsp3) is 0.364. The summed E-state index contributed by atoms with van der Waals surface area (Å²) in [4.78, 5) is 7.62.